The van der Waals surface area contributed by atoms with E-state index in [1.807, 2.05) is 0 Å². The molecule has 0 fully saturated rings. The molecule has 0 radical (unpaired) electrons. The van der Waals surface area contributed by atoms with Crippen LogP contribution in [0.15, 0.2) is 12.2 Å². The van der Waals surface area contributed by atoms with Crippen molar-refractivity contribution in [2.75, 3.05) is 0 Å². The van der Waals surface area contributed by atoms with Crippen molar-refractivity contribution in [1.29, 1.82) is 0 Å². The maximum absolute atomic E-state index is 9.60. The molecule has 0 aromatic carbocycles. The number of carboxylic acid groups (broad SMARTS) is 1. The van der Waals surface area contributed by atoms with E-state index in [0.717, 1.165) is 0 Å². The zero-order valence-electron chi connectivity index (χ0n) is 9.22. The first-order valence-electron chi connectivity index (χ1n) is 4.42. The third-order valence-electron chi connectivity index (χ3n) is 1.03. The average Bonchev–Trinajstić information content (AvgIpc) is 1.84. The molecule has 2 N–H and O–H groups in total. The molecule has 0 spiro atoms. The topological polar surface area (TPSA) is 49.3 Å². The van der Waals surface area contributed by atoms with Gasteiger partial charge in [0.1, 0.15) is 0 Å². The number of hydrogen-bond acceptors (Lipinski definition) is 2. The lowest BCUT2D eigenvalue weighted by Crippen LogP contribution is -2.29. The zero-order valence-corrected chi connectivity index (χ0v) is 9.22. The van der Waals surface area contributed by atoms with E-state index in [0.29, 0.717) is 12.1 Å². The largest absolute Gasteiger partial charge is 0.478 e. The first-order chi connectivity index (χ1) is 5.77. The molecule has 0 amide bonds. The first kappa shape index (κ1) is 14.7. The molecule has 0 aliphatic rings. The molecule has 0 rings (SSSR count). The summed E-state index contributed by atoms with van der Waals surface area (Å²) in [5.74, 6) is -0.935. The second kappa shape index (κ2) is 7.80. The van der Waals surface area contributed by atoms with E-state index in [1.54, 1.807) is 0 Å². The van der Waals surface area contributed by atoms with Crippen molar-refractivity contribution in [2.45, 2.75) is 46.7 Å². The van der Waals surface area contributed by atoms with Crippen LogP contribution < -0.4 is 5.32 Å². The normalized spacial score (nSPS) is 9.46. The van der Waals surface area contributed by atoms with Crippen molar-refractivity contribution in [3.63, 3.8) is 0 Å². The highest BCUT2D eigenvalue weighted by molar-refractivity contribution is 5.84. The average molecular weight is 187 g/mol. The fraction of sp³-hybridized carbons (Fsp3) is 0.700. The first-order valence-corrected chi connectivity index (χ1v) is 4.42. The van der Waals surface area contributed by atoms with Gasteiger partial charge in [0.2, 0.25) is 0 Å². The van der Waals surface area contributed by atoms with Crippen molar-refractivity contribution in [3.8, 4) is 0 Å². The molecule has 0 aromatic heterocycles. The predicted molar refractivity (Wildman–Crippen MR) is 55.9 cm³/mol. The zero-order chi connectivity index (χ0) is 11.0. The molecule has 0 aliphatic carbocycles. The monoisotopic (exact) mass is 187 g/mol. The summed E-state index contributed by atoms with van der Waals surface area (Å²) in [6, 6.07) is 1.25. The van der Waals surface area contributed by atoms with Crippen LogP contribution >= 0.6 is 0 Å². The lowest BCUT2D eigenvalue weighted by atomic mass is 10.3. The van der Waals surface area contributed by atoms with Gasteiger partial charge in [0.25, 0.3) is 0 Å². The lowest BCUT2D eigenvalue weighted by molar-refractivity contribution is -0.132. The van der Waals surface area contributed by atoms with Crippen molar-refractivity contribution in [2.24, 2.45) is 0 Å². The van der Waals surface area contributed by atoms with E-state index >= 15 is 0 Å². The summed E-state index contributed by atoms with van der Waals surface area (Å²) in [5.41, 5.74) is 0.176. The second-order valence-corrected chi connectivity index (χ2v) is 3.56. The number of aliphatic carboxylic acids is 1. The minimum atomic E-state index is -0.935. The van der Waals surface area contributed by atoms with Crippen molar-refractivity contribution >= 4 is 5.97 Å². The summed E-state index contributed by atoms with van der Waals surface area (Å²) in [6.07, 6.45) is 0. The Kier molecular flexibility index (Phi) is 8.81. The Hall–Kier alpha value is -0.830. The van der Waals surface area contributed by atoms with E-state index < -0.39 is 5.97 Å². The number of carbonyl (C=O) groups is 1. The molecular weight excluding hydrogens is 166 g/mol. The Morgan fingerprint density at radius 1 is 1.23 bits per heavy atom. The summed E-state index contributed by atoms with van der Waals surface area (Å²) in [7, 11) is 0. The van der Waals surface area contributed by atoms with Gasteiger partial charge in [-0.25, -0.2) is 4.79 Å². The SMILES string of the molecule is C=C(C)C(=O)O.CC(C)NC(C)C. The third kappa shape index (κ3) is 18.3. The van der Waals surface area contributed by atoms with Gasteiger partial charge in [-0.3, -0.25) is 0 Å². The van der Waals surface area contributed by atoms with Crippen LogP contribution in [0, 0.1) is 0 Å². The minimum absolute atomic E-state index is 0.176. The Labute approximate surface area is 80.8 Å². The Morgan fingerprint density at radius 3 is 1.46 bits per heavy atom. The van der Waals surface area contributed by atoms with Crippen molar-refractivity contribution in [3.05, 3.63) is 12.2 Å². The van der Waals surface area contributed by atoms with E-state index in [1.165, 1.54) is 6.92 Å². The van der Waals surface area contributed by atoms with Gasteiger partial charge >= 0.3 is 5.97 Å². The molecule has 0 saturated carbocycles. The number of carboxylic acids is 1. The number of nitrogens with one attached hydrogen (secondary N) is 1. The Bertz CT molecular complexity index is 144. The molecule has 78 valence electrons. The van der Waals surface area contributed by atoms with Gasteiger partial charge in [-0.15, -0.1) is 0 Å². The highest BCUT2D eigenvalue weighted by Gasteiger charge is 1.92. The summed E-state index contributed by atoms with van der Waals surface area (Å²) in [6.45, 7) is 13.2. The summed E-state index contributed by atoms with van der Waals surface area (Å²) >= 11 is 0. The Morgan fingerprint density at radius 2 is 1.46 bits per heavy atom. The third-order valence-corrected chi connectivity index (χ3v) is 1.03. The molecule has 0 heterocycles. The molecule has 0 atom stereocenters. The highest BCUT2D eigenvalue weighted by Crippen LogP contribution is 1.81. The van der Waals surface area contributed by atoms with E-state index in [4.69, 9.17) is 5.11 Å². The number of rotatable bonds is 3. The van der Waals surface area contributed by atoms with Crippen LogP contribution in [-0.2, 0) is 4.79 Å². The van der Waals surface area contributed by atoms with Crippen LogP contribution in [0.2, 0.25) is 0 Å². The molecule has 0 saturated heterocycles. The maximum atomic E-state index is 9.60. The van der Waals surface area contributed by atoms with Crippen LogP contribution in [-0.4, -0.2) is 23.2 Å². The summed E-state index contributed by atoms with van der Waals surface area (Å²) < 4.78 is 0. The van der Waals surface area contributed by atoms with Crippen LogP contribution in [0.4, 0.5) is 0 Å². The summed E-state index contributed by atoms with van der Waals surface area (Å²) in [4.78, 5) is 9.60. The van der Waals surface area contributed by atoms with E-state index in [-0.39, 0.29) is 5.57 Å². The smallest absolute Gasteiger partial charge is 0.330 e. The highest BCUT2D eigenvalue weighted by atomic mass is 16.4. The lowest BCUT2D eigenvalue weighted by Gasteiger charge is -2.10. The van der Waals surface area contributed by atoms with Crippen molar-refractivity contribution < 1.29 is 9.90 Å². The molecule has 0 aromatic rings. The molecular formula is C10H21NO2. The maximum Gasteiger partial charge on any atom is 0.330 e. The Balaban J connectivity index is 0. The summed E-state index contributed by atoms with van der Waals surface area (Å²) in [5, 5.41) is 11.2. The molecule has 0 unspecified atom stereocenters. The molecule has 0 aliphatic heterocycles. The van der Waals surface area contributed by atoms with Gasteiger partial charge < -0.3 is 10.4 Å². The van der Waals surface area contributed by atoms with Gasteiger partial charge in [-0.2, -0.15) is 0 Å². The minimum Gasteiger partial charge on any atom is -0.478 e. The predicted octanol–water partition coefficient (Wildman–Crippen LogP) is 2.04. The molecule has 0 bridgehead atoms. The molecule has 13 heavy (non-hydrogen) atoms. The standard InChI is InChI=1S/C6H15N.C4H6O2/c1-5(2)7-6(3)4;1-3(2)4(5)6/h5-7H,1-4H3;1H2,2H3,(H,5,6). The van der Waals surface area contributed by atoms with Gasteiger partial charge in [-0.1, -0.05) is 34.3 Å². The second-order valence-electron chi connectivity index (χ2n) is 3.56. The van der Waals surface area contributed by atoms with Crippen LogP contribution in [0.5, 0.6) is 0 Å². The molecule has 3 nitrogen and oxygen atoms in total. The van der Waals surface area contributed by atoms with Gasteiger partial charge in [0, 0.05) is 17.7 Å². The van der Waals surface area contributed by atoms with Gasteiger partial charge in [-0.05, 0) is 6.92 Å². The molecule has 3 heteroatoms. The number of hydrogen-bond donors (Lipinski definition) is 2. The van der Waals surface area contributed by atoms with Crippen LogP contribution in [0.3, 0.4) is 0 Å². The van der Waals surface area contributed by atoms with E-state index in [9.17, 15) is 4.79 Å². The van der Waals surface area contributed by atoms with E-state index in [2.05, 4.69) is 39.6 Å². The fourth-order valence-corrected chi connectivity index (χ4v) is 0.667. The quantitative estimate of drug-likeness (QED) is 0.665. The fourth-order valence-electron chi connectivity index (χ4n) is 0.667. The van der Waals surface area contributed by atoms with Crippen LogP contribution in [0.25, 0.3) is 0 Å². The van der Waals surface area contributed by atoms with Crippen LogP contribution in [0.1, 0.15) is 34.6 Å². The van der Waals surface area contributed by atoms with Gasteiger partial charge in [0.15, 0.2) is 0 Å². The van der Waals surface area contributed by atoms with Crippen molar-refractivity contribution in [1.82, 2.24) is 5.32 Å². The van der Waals surface area contributed by atoms with Gasteiger partial charge in [0.05, 0.1) is 0 Å².